The molecular formula is C27H31Cl2N3O5. The zero-order valence-electron chi connectivity index (χ0n) is 20.8. The number of nitrogens with zero attached hydrogens (tertiary/aromatic N) is 3. The van der Waals surface area contributed by atoms with Gasteiger partial charge in [0.15, 0.2) is 0 Å². The third-order valence-corrected chi connectivity index (χ3v) is 6.87. The van der Waals surface area contributed by atoms with Crippen LogP contribution in [0, 0.1) is 0 Å². The average Bonchev–Trinajstić information content (AvgIpc) is 2.90. The zero-order valence-corrected chi connectivity index (χ0v) is 22.3. The van der Waals surface area contributed by atoms with E-state index in [-0.39, 0.29) is 13.4 Å². The summed E-state index contributed by atoms with van der Waals surface area (Å²) in [6.45, 7) is 7.20. The van der Waals surface area contributed by atoms with Gasteiger partial charge in [-0.25, -0.2) is 9.78 Å². The zero-order chi connectivity index (χ0) is 26.0. The third kappa shape index (κ3) is 7.77. The van der Waals surface area contributed by atoms with E-state index in [1.807, 2.05) is 42.5 Å². The first-order valence-electron chi connectivity index (χ1n) is 12.4. The van der Waals surface area contributed by atoms with E-state index >= 15 is 0 Å². The molecule has 3 aromatic rings. The lowest BCUT2D eigenvalue weighted by atomic mass is 10.2. The van der Waals surface area contributed by atoms with Crippen LogP contribution in [-0.2, 0) is 9.47 Å². The van der Waals surface area contributed by atoms with Crippen LogP contribution in [0.5, 0.6) is 11.6 Å². The van der Waals surface area contributed by atoms with Gasteiger partial charge in [0, 0.05) is 43.7 Å². The SMILES string of the molecule is CCOC(=O)OCOc1ccc2ccc(OCCCCN3CCN(c4cccc(Cl)c4Cl)CC3)cc2n1. The molecule has 2 heterocycles. The van der Waals surface area contributed by atoms with Gasteiger partial charge in [0.25, 0.3) is 0 Å². The van der Waals surface area contributed by atoms with Crippen LogP contribution in [0.25, 0.3) is 10.9 Å². The van der Waals surface area contributed by atoms with Gasteiger partial charge in [-0.1, -0.05) is 29.3 Å². The van der Waals surface area contributed by atoms with Gasteiger partial charge in [0.2, 0.25) is 12.7 Å². The topological polar surface area (TPSA) is 73.4 Å². The first-order chi connectivity index (χ1) is 18.0. The molecule has 0 amide bonds. The molecule has 1 saturated heterocycles. The fourth-order valence-electron chi connectivity index (χ4n) is 4.12. The molecule has 0 radical (unpaired) electrons. The van der Waals surface area contributed by atoms with Crippen LogP contribution in [0.1, 0.15) is 19.8 Å². The van der Waals surface area contributed by atoms with Crippen molar-refractivity contribution in [2.75, 3.05) is 57.6 Å². The van der Waals surface area contributed by atoms with Gasteiger partial charge in [-0.15, -0.1) is 0 Å². The Balaban J connectivity index is 1.16. The van der Waals surface area contributed by atoms with Gasteiger partial charge in [0.05, 0.1) is 34.5 Å². The molecule has 1 aliphatic rings. The number of carbonyl (C=O) groups excluding carboxylic acids is 1. The fourth-order valence-corrected chi connectivity index (χ4v) is 4.54. The normalized spacial score (nSPS) is 14.0. The van der Waals surface area contributed by atoms with Crippen molar-refractivity contribution in [3.8, 4) is 11.6 Å². The van der Waals surface area contributed by atoms with Gasteiger partial charge >= 0.3 is 6.16 Å². The molecule has 4 rings (SSSR count). The van der Waals surface area contributed by atoms with E-state index in [1.54, 1.807) is 13.0 Å². The van der Waals surface area contributed by atoms with Crippen molar-refractivity contribution in [3.63, 3.8) is 0 Å². The van der Waals surface area contributed by atoms with E-state index in [4.69, 9.17) is 42.1 Å². The summed E-state index contributed by atoms with van der Waals surface area (Å²) < 4.78 is 20.9. The molecule has 0 atom stereocenters. The Bertz CT molecular complexity index is 1190. The number of benzene rings is 2. The average molecular weight is 548 g/mol. The van der Waals surface area contributed by atoms with Crippen molar-refractivity contribution in [1.29, 1.82) is 0 Å². The highest BCUT2D eigenvalue weighted by Crippen LogP contribution is 2.33. The minimum Gasteiger partial charge on any atom is -0.494 e. The Morgan fingerprint density at radius 2 is 1.78 bits per heavy atom. The first-order valence-corrected chi connectivity index (χ1v) is 13.2. The molecule has 1 aliphatic heterocycles. The van der Waals surface area contributed by atoms with Crippen LogP contribution in [0.4, 0.5) is 10.5 Å². The minimum atomic E-state index is -0.774. The van der Waals surface area contributed by atoms with Gasteiger partial charge in [-0.05, 0) is 56.6 Å². The van der Waals surface area contributed by atoms with Crippen LogP contribution < -0.4 is 14.4 Å². The lowest BCUT2D eigenvalue weighted by Gasteiger charge is -2.36. The van der Waals surface area contributed by atoms with Gasteiger partial charge in [-0.2, -0.15) is 0 Å². The number of anilines is 1. The van der Waals surface area contributed by atoms with Crippen LogP contribution in [0.2, 0.25) is 10.0 Å². The van der Waals surface area contributed by atoms with E-state index in [1.165, 1.54) is 0 Å². The monoisotopic (exact) mass is 547 g/mol. The summed E-state index contributed by atoms with van der Waals surface area (Å²) in [5.74, 6) is 1.11. The van der Waals surface area contributed by atoms with Gasteiger partial charge < -0.3 is 23.8 Å². The van der Waals surface area contributed by atoms with Crippen LogP contribution >= 0.6 is 23.2 Å². The second-order valence-electron chi connectivity index (χ2n) is 8.55. The standard InChI is InChI=1S/C27H31Cl2N3O5/c1-2-34-27(33)37-19-36-25-11-9-20-8-10-21(18-23(20)30-25)35-17-4-3-12-31-13-15-32(16-14-31)24-7-5-6-22(28)26(24)29/h5-11,18H,2-4,12-17,19H2,1H3. The molecule has 0 bridgehead atoms. The van der Waals surface area contributed by atoms with Crippen molar-refractivity contribution in [1.82, 2.24) is 9.88 Å². The molecule has 1 fully saturated rings. The predicted molar refractivity (Wildman–Crippen MR) is 145 cm³/mol. The second kappa shape index (κ2) is 13.6. The molecule has 0 aliphatic carbocycles. The van der Waals surface area contributed by atoms with Crippen molar-refractivity contribution in [2.24, 2.45) is 0 Å². The van der Waals surface area contributed by atoms with Crippen molar-refractivity contribution >= 4 is 45.9 Å². The molecule has 0 unspecified atom stereocenters. The van der Waals surface area contributed by atoms with E-state index < -0.39 is 6.16 Å². The number of carbonyl (C=O) groups is 1. The number of piperazine rings is 1. The maximum absolute atomic E-state index is 11.2. The number of fused-ring (bicyclic) bond motifs is 1. The number of ether oxygens (including phenoxy) is 4. The van der Waals surface area contributed by atoms with E-state index in [0.717, 1.165) is 67.9 Å². The van der Waals surface area contributed by atoms with Gasteiger partial charge in [0.1, 0.15) is 5.75 Å². The number of pyridine rings is 1. The van der Waals surface area contributed by atoms with Gasteiger partial charge in [-0.3, -0.25) is 4.90 Å². The lowest BCUT2D eigenvalue weighted by Crippen LogP contribution is -2.46. The van der Waals surface area contributed by atoms with E-state index in [0.29, 0.717) is 22.5 Å². The Morgan fingerprint density at radius 1 is 0.973 bits per heavy atom. The molecule has 198 valence electrons. The second-order valence-corrected chi connectivity index (χ2v) is 9.34. The molecule has 0 N–H and O–H groups in total. The Hall–Kier alpha value is -2.94. The summed E-state index contributed by atoms with van der Waals surface area (Å²) in [6, 6.07) is 15.2. The number of hydrogen-bond acceptors (Lipinski definition) is 8. The summed E-state index contributed by atoms with van der Waals surface area (Å²) in [7, 11) is 0. The Morgan fingerprint density at radius 3 is 2.59 bits per heavy atom. The maximum Gasteiger partial charge on any atom is 0.511 e. The number of hydrogen-bond donors (Lipinski definition) is 0. The molecule has 0 saturated carbocycles. The summed E-state index contributed by atoms with van der Waals surface area (Å²) in [6.07, 6.45) is 1.24. The first kappa shape index (κ1) is 27.1. The van der Waals surface area contributed by atoms with E-state index in [9.17, 15) is 4.79 Å². The number of aromatic nitrogens is 1. The fraction of sp³-hybridized carbons (Fsp3) is 0.407. The quantitative estimate of drug-likeness (QED) is 0.163. The van der Waals surface area contributed by atoms with Crippen LogP contribution in [0.15, 0.2) is 48.5 Å². The highest BCUT2D eigenvalue weighted by atomic mass is 35.5. The van der Waals surface area contributed by atoms with E-state index in [2.05, 4.69) is 14.8 Å². The molecule has 10 heteroatoms. The molecule has 0 spiro atoms. The Kier molecular flexibility index (Phi) is 9.93. The molecule has 2 aromatic carbocycles. The van der Waals surface area contributed by atoms with Crippen molar-refractivity contribution in [2.45, 2.75) is 19.8 Å². The summed E-state index contributed by atoms with van der Waals surface area (Å²) in [5.41, 5.74) is 1.75. The van der Waals surface area contributed by atoms with Crippen molar-refractivity contribution < 1.29 is 23.7 Å². The summed E-state index contributed by atoms with van der Waals surface area (Å²) in [5, 5.41) is 2.19. The highest BCUT2D eigenvalue weighted by molar-refractivity contribution is 6.43. The molecule has 37 heavy (non-hydrogen) atoms. The highest BCUT2D eigenvalue weighted by Gasteiger charge is 2.19. The smallest absolute Gasteiger partial charge is 0.494 e. The molecule has 8 nitrogen and oxygen atoms in total. The lowest BCUT2D eigenvalue weighted by molar-refractivity contribution is 0.00544. The number of rotatable bonds is 11. The number of unbranched alkanes of at least 4 members (excludes halogenated alkanes) is 1. The van der Waals surface area contributed by atoms with Crippen molar-refractivity contribution in [3.05, 3.63) is 58.6 Å². The summed E-state index contributed by atoms with van der Waals surface area (Å²) >= 11 is 12.5. The predicted octanol–water partition coefficient (Wildman–Crippen LogP) is 6.03. The summed E-state index contributed by atoms with van der Waals surface area (Å²) in [4.78, 5) is 20.5. The molecular weight excluding hydrogens is 517 g/mol. The maximum atomic E-state index is 11.2. The molecule has 1 aromatic heterocycles. The van der Waals surface area contributed by atoms with Crippen LogP contribution in [-0.4, -0.2) is 68.8 Å². The minimum absolute atomic E-state index is 0.243. The third-order valence-electron chi connectivity index (χ3n) is 6.07. The van der Waals surface area contributed by atoms with Crippen LogP contribution in [0.3, 0.4) is 0 Å². The largest absolute Gasteiger partial charge is 0.511 e. The number of halogens is 2. The Labute approximate surface area is 227 Å².